The quantitative estimate of drug-likeness (QED) is 0.449. The number of nitrogens with zero attached hydrogens (tertiary/aromatic N) is 4. The molecule has 0 saturated carbocycles. The number of carbonyl (C=O) groups is 1. The van der Waals surface area contributed by atoms with Crippen LogP contribution >= 0.6 is 23.1 Å². The number of tetrazole rings is 1. The molecule has 0 saturated heterocycles. The Bertz CT molecular complexity index is 782. The SMILES string of the molecule is CCOC(=O)c1ccoc1CSc1nnnn1CCc1cccs1. The van der Waals surface area contributed by atoms with Crippen molar-refractivity contribution in [3.63, 3.8) is 0 Å². The van der Waals surface area contributed by atoms with Gasteiger partial charge in [0.15, 0.2) is 0 Å². The molecule has 0 atom stereocenters. The lowest BCUT2D eigenvalue weighted by Crippen LogP contribution is -2.06. The molecule has 0 aliphatic carbocycles. The number of furan rings is 1. The van der Waals surface area contributed by atoms with Crippen molar-refractivity contribution in [3.05, 3.63) is 46.0 Å². The molecule has 3 rings (SSSR count). The summed E-state index contributed by atoms with van der Waals surface area (Å²) >= 11 is 3.14. The van der Waals surface area contributed by atoms with Gasteiger partial charge >= 0.3 is 5.97 Å². The van der Waals surface area contributed by atoms with Gasteiger partial charge in [0.2, 0.25) is 5.16 Å². The van der Waals surface area contributed by atoms with Crippen molar-refractivity contribution in [2.24, 2.45) is 0 Å². The van der Waals surface area contributed by atoms with Gasteiger partial charge in [0.1, 0.15) is 11.3 Å². The molecule has 0 unspecified atom stereocenters. The Hall–Kier alpha value is -2.13. The maximum absolute atomic E-state index is 11.9. The topological polar surface area (TPSA) is 83.0 Å². The molecule has 0 spiro atoms. The van der Waals surface area contributed by atoms with E-state index in [1.165, 1.54) is 22.9 Å². The smallest absolute Gasteiger partial charge is 0.341 e. The molecular formula is C15H16N4O3S2. The molecular weight excluding hydrogens is 348 g/mol. The van der Waals surface area contributed by atoms with Crippen LogP contribution in [0.2, 0.25) is 0 Å². The molecule has 7 nitrogen and oxygen atoms in total. The molecule has 3 aromatic heterocycles. The highest BCUT2D eigenvalue weighted by molar-refractivity contribution is 7.98. The lowest BCUT2D eigenvalue weighted by molar-refractivity contribution is 0.0524. The van der Waals surface area contributed by atoms with Crippen LogP contribution in [0, 0.1) is 0 Å². The number of hydrogen-bond acceptors (Lipinski definition) is 8. The van der Waals surface area contributed by atoms with E-state index in [1.54, 1.807) is 29.0 Å². The van der Waals surface area contributed by atoms with Gasteiger partial charge in [-0.15, -0.1) is 16.4 Å². The normalized spacial score (nSPS) is 10.9. The van der Waals surface area contributed by atoms with Crippen molar-refractivity contribution in [1.82, 2.24) is 20.2 Å². The Morgan fingerprint density at radius 2 is 2.38 bits per heavy atom. The maximum Gasteiger partial charge on any atom is 0.341 e. The summed E-state index contributed by atoms with van der Waals surface area (Å²) in [6.07, 6.45) is 2.37. The standard InChI is InChI=1S/C15H16N4O3S2/c1-2-21-14(20)12-6-8-22-13(12)10-24-15-16-17-18-19(15)7-5-11-4-3-9-23-11/h3-4,6,8-9H,2,5,7,10H2,1H3. The van der Waals surface area contributed by atoms with Crippen LogP contribution in [0.1, 0.15) is 27.9 Å². The Morgan fingerprint density at radius 1 is 1.46 bits per heavy atom. The first-order chi connectivity index (χ1) is 11.8. The monoisotopic (exact) mass is 364 g/mol. The molecule has 0 aliphatic heterocycles. The van der Waals surface area contributed by atoms with Crippen molar-refractivity contribution in [3.8, 4) is 0 Å². The van der Waals surface area contributed by atoms with Crippen LogP contribution in [-0.4, -0.2) is 32.8 Å². The van der Waals surface area contributed by atoms with E-state index in [9.17, 15) is 4.79 Å². The van der Waals surface area contributed by atoms with Crippen molar-refractivity contribution in [2.75, 3.05) is 6.61 Å². The zero-order valence-corrected chi connectivity index (χ0v) is 14.7. The number of aryl methyl sites for hydroxylation is 2. The van der Waals surface area contributed by atoms with E-state index >= 15 is 0 Å². The van der Waals surface area contributed by atoms with Gasteiger partial charge in [-0.1, -0.05) is 17.8 Å². The molecule has 3 heterocycles. The van der Waals surface area contributed by atoms with Gasteiger partial charge in [0, 0.05) is 11.3 Å². The average molecular weight is 364 g/mol. The van der Waals surface area contributed by atoms with E-state index in [0.29, 0.717) is 35.4 Å². The van der Waals surface area contributed by atoms with Gasteiger partial charge in [0.25, 0.3) is 0 Å². The zero-order valence-electron chi connectivity index (χ0n) is 13.0. The summed E-state index contributed by atoms with van der Waals surface area (Å²) in [5.41, 5.74) is 0.446. The number of thioether (sulfide) groups is 1. The van der Waals surface area contributed by atoms with Gasteiger partial charge in [-0.05, 0) is 34.9 Å². The largest absolute Gasteiger partial charge is 0.468 e. The fraction of sp³-hybridized carbons (Fsp3) is 0.333. The predicted molar refractivity (Wildman–Crippen MR) is 90.1 cm³/mol. The van der Waals surface area contributed by atoms with E-state index in [0.717, 1.165) is 6.42 Å². The number of carbonyl (C=O) groups excluding carboxylic acids is 1. The van der Waals surface area contributed by atoms with Crippen LogP contribution in [0.15, 0.2) is 39.4 Å². The van der Waals surface area contributed by atoms with E-state index in [2.05, 4.69) is 27.0 Å². The minimum Gasteiger partial charge on any atom is -0.468 e. The molecule has 126 valence electrons. The van der Waals surface area contributed by atoms with Gasteiger partial charge in [0.05, 0.1) is 25.2 Å². The Balaban J connectivity index is 1.61. The second kappa shape index (κ2) is 8.11. The molecule has 9 heteroatoms. The number of aromatic nitrogens is 4. The van der Waals surface area contributed by atoms with Crippen LogP contribution in [0.3, 0.4) is 0 Å². The third-order valence-electron chi connectivity index (χ3n) is 3.22. The minimum absolute atomic E-state index is 0.331. The third kappa shape index (κ3) is 4.04. The van der Waals surface area contributed by atoms with Crippen molar-refractivity contribution >= 4 is 29.1 Å². The second-order valence-electron chi connectivity index (χ2n) is 4.78. The van der Waals surface area contributed by atoms with Crippen molar-refractivity contribution in [2.45, 2.75) is 30.8 Å². The maximum atomic E-state index is 11.9. The first-order valence-corrected chi connectivity index (χ1v) is 9.29. The van der Waals surface area contributed by atoms with Crippen LogP contribution in [-0.2, 0) is 23.5 Å². The van der Waals surface area contributed by atoms with Crippen molar-refractivity contribution in [1.29, 1.82) is 0 Å². The molecule has 0 radical (unpaired) electrons. The zero-order chi connectivity index (χ0) is 16.8. The number of rotatable bonds is 8. The number of thiophene rings is 1. The lowest BCUT2D eigenvalue weighted by atomic mass is 10.3. The Kier molecular flexibility index (Phi) is 5.65. The first-order valence-electron chi connectivity index (χ1n) is 7.42. The van der Waals surface area contributed by atoms with Crippen LogP contribution in [0.5, 0.6) is 0 Å². The van der Waals surface area contributed by atoms with Gasteiger partial charge in [-0.25, -0.2) is 9.48 Å². The molecule has 3 aromatic rings. The fourth-order valence-corrected chi connectivity index (χ4v) is 3.64. The van der Waals surface area contributed by atoms with Crippen LogP contribution in [0.25, 0.3) is 0 Å². The molecule has 0 amide bonds. The van der Waals surface area contributed by atoms with E-state index < -0.39 is 0 Å². The predicted octanol–water partition coefficient (Wildman–Crippen LogP) is 3.04. The summed E-state index contributed by atoms with van der Waals surface area (Å²) < 4.78 is 12.2. The summed E-state index contributed by atoms with van der Waals surface area (Å²) in [6.45, 7) is 2.81. The summed E-state index contributed by atoms with van der Waals surface area (Å²) in [6, 6.07) is 5.74. The highest BCUT2D eigenvalue weighted by atomic mass is 32.2. The fourth-order valence-electron chi connectivity index (χ4n) is 2.08. The van der Waals surface area contributed by atoms with E-state index in [4.69, 9.17) is 9.15 Å². The van der Waals surface area contributed by atoms with Crippen LogP contribution in [0.4, 0.5) is 0 Å². The van der Waals surface area contributed by atoms with Gasteiger partial charge < -0.3 is 9.15 Å². The number of hydrogen-bond donors (Lipinski definition) is 0. The number of esters is 1. The van der Waals surface area contributed by atoms with Crippen LogP contribution < -0.4 is 0 Å². The highest BCUT2D eigenvalue weighted by Crippen LogP contribution is 2.24. The summed E-state index contributed by atoms with van der Waals surface area (Å²) in [5.74, 6) is 0.644. The third-order valence-corrected chi connectivity index (χ3v) is 5.12. The second-order valence-corrected chi connectivity index (χ2v) is 6.76. The number of ether oxygens (including phenoxy) is 1. The average Bonchev–Trinajstić information content (AvgIpc) is 3.32. The molecule has 0 fully saturated rings. The molecule has 0 N–H and O–H groups in total. The summed E-state index contributed by atoms with van der Waals surface area (Å²) in [4.78, 5) is 13.1. The van der Waals surface area contributed by atoms with Gasteiger partial charge in [-0.2, -0.15) is 0 Å². The first kappa shape index (κ1) is 16.7. The van der Waals surface area contributed by atoms with E-state index in [1.807, 2.05) is 6.07 Å². The summed E-state index contributed by atoms with van der Waals surface area (Å²) in [7, 11) is 0. The molecule has 0 aromatic carbocycles. The van der Waals surface area contributed by atoms with Crippen molar-refractivity contribution < 1.29 is 13.9 Å². The Morgan fingerprint density at radius 3 is 3.17 bits per heavy atom. The van der Waals surface area contributed by atoms with Gasteiger partial charge in [-0.3, -0.25) is 0 Å². The van der Waals surface area contributed by atoms with E-state index in [-0.39, 0.29) is 5.97 Å². The lowest BCUT2D eigenvalue weighted by Gasteiger charge is -2.04. The highest BCUT2D eigenvalue weighted by Gasteiger charge is 2.17. The molecule has 24 heavy (non-hydrogen) atoms. The Labute approximate surface area is 147 Å². The summed E-state index contributed by atoms with van der Waals surface area (Å²) in [5, 5.41) is 14.5. The molecule has 0 bridgehead atoms. The molecule has 0 aliphatic rings. The minimum atomic E-state index is -0.376.